The lowest BCUT2D eigenvalue weighted by atomic mass is 9.65. The highest BCUT2D eigenvalue weighted by Gasteiger charge is 2.51. The van der Waals surface area contributed by atoms with Crippen LogP contribution in [0.3, 0.4) is 0 Å². The highest BCUT2D eigenvalue weighted by molar-refractivity contribution is 5.92. The van der Waals surface area contributed by atoms with Gasteiger partial charge in [-0.2, -0.15) is 5.26 Å². The largest absolute Gasteiger partial charge is 0.457 e. The fourth-order valence-electron chi connectivity index (χ4n) is 8.16. The summed E-state index contributed by atoms with van der Waals surface area (Å²) < 4.78 is 8.94. The Bertz CT molecular complexity index is 2720. The van der Waals surface area contributed by atoms with Crippen molar-refractivity contribution >= 4 is 16.7 Å². The van der Waals surface area contributed by atoms with E-state index >= 15 is 0 Å². The SMILES string of the molecule is N#Cc1cc(N)cc(-c2ccc3c(c2)C2(c4ccccc4O3)c3ccccc3-c3ccc(-c4nc5ccccc5n4-c4ccccc4)cc32)c1. The summed E-state index contributed by atoms with van der Waals surface area (Å²) in [4.78, 5) is 5.23. The molecule has 10 rings (SSSR count). The first kappa shape index (κ1) is 28.1. The molecular formula is C45H28N4O. The number of aromatic nitrogens is 2. The second-order valence-corrected chi connectivity index (χ2v) is 12.9. The van der Waals surface area contributed by atoms with Gasteiger partial charge in [-0.3, -0.25) is 4.57 Å². The van der Waals surface area contributed by atoms with E-state index in [4.69, 9.17) is 15.5 Å². The third-order valence-corrected chi connectivity index (χ3v) is 10.2. The molecule has 1 aliphatic carbocycles. The maximum absolute atomic E-state index is 9.75. The van der Waals surface area contributed by atoms with Crippen molar-refractivity contribution in [3.63, 3.8) is 0 Å². The lowest BCUT2D eigenvalue weighted by molar-refractivity contribution is 0.436. The molecule has 2 aliphatic rings. The average molecular weight is 641 g/mol. The summed E-state index contributed by atoms with van der Waals surface area (Å²) in [6.45, 7) is 0. The van der Waals surface area contributed by atoms with Gasteiger partial charge in [0.1, 0.15) is 17.3 Å². The molecule has 0 amide bonds. The van der Waals surface area contributed by atoms with Crippen molar-refractivity contribution in [3.05, 3.63) is 186 Å². The van der Waals surface area contributed by atoms with Gasteiger partial charge in [-0.1, -0.05) is 91.0 Å². The summed E-state index contributed by atoms with van der Waals surface area (Å²) in [5.41, 5.74) is 19.4. The van der Waals surface area contributed by atoms with E-state index in [1.165, 1.54) is 22.3 Å². The van der Waals surface area contributed by atoms with Crippen molar-refractivity contribution in [1.82, 2.24) is 9.55 Å². The second-order valence-electron chi connectivity index (χ2n) is 12.9. The summed E-state index contributed by atoms with van der Waals surface area (Å²) >= 11 is 0. The second kappa shape index (κ2) is 10.6. The van der Waals surface area contributed by atoms with E-state index in [2.05, 4.69) is 132 Å². The van der Waals surface area contributed by atoms with Gasteiger partial charge in [0.15, 0.2) is 0 Å². The number of para-hydroxylation sites is 4. The molecule has 234 valence electrons. The molecule has 1 atom stereocenters. The highest BCUT2D eigenvalue weighted by atomic mass is 16.5. The molecule has 0 bridgehead atoms. The van der Waals surface area contributed by atoms with Crippen LogP contribution in [0, 0.1) is 11.3 Å². The molecular weight excluding hydrogens is 613 g/mol. The topological polar surface area (TPSA) is 76.9 Å². The number of nitrogen functional groups attached to an aromatic ring is 1. The zero-order valence-electron chi connectivity index (χ0n) is 26.8. The normalized spacial score (nSPS) is 15.1. The molecule has 8 aromatic rings. The Hall–Kier alpha value is -6.90. The molecule has 0 saturated heterocycles. The van der Waals surface area contributed by atoms with Crippen LogP contribution >= 0.6 is 0 Å². The van der Waals surface area contributed by atoms with E-state index in [1.807, 2.05) is 30.3 Å². The zero-order valence-corrected chi connectivity index (χ0v) is 26.8. The van der Waals surface area contributed by atoms with Gasteiger partial charge in [0.2, 0.25) is 0 Å². The summed E-state index contributed by atoms with van der Waals surface area (Å²) in [6, 6.07) is 56.7. The number of rotatable bonds is 3. The Kier molecular flexibility index (Phi) is 5.94. The van der Waals surface area contributed by atoms with E-state index in [0.29, 0.717) is 11.3 Å². The van der Waals surface area contributed by atoms with E-state index in [-0.39, 0.29) is 0 Å². The number of ether oxygens (including phenoxy) is 1. The first-order chi connectivity index (χ1) is 24.6. The third-order valence-electron chi connectivity index (χ3n) is 10.2. The maximum Gasteiger partial charge on any atom is 0.145 e. The molecule has 1 spiro atoms. The fourth-order valence-corrected chi connectivity index (χ4v) is 8.16. The number of nitriles is 1. The van der Waals surface area contributed by atoms with Crippen LogP contribution in [-0.4, -0.2) is 9.55 Å². The van der Waals surface area contributed by atoms with E-state index in [0.717, 1.165) is 61.9 Å². The number of nitrogens with zero attached hydrogens (tertiary/aromatic N) is 3. The van der Waals surface area contributed by atoms with E-state index in [1.54, 1.807) is 6.07 Å². The molecule has 0 saturated carbocycles. The zero-order chi connectivity index (χ0) is 33.4. The molecule has 5 heteroatoms. The average Bonchev–Trinajstić information content (AvgIpc) is 3.69. The van der Waals surface area contributed by atoms with Crippen molar-refractivity contribution in [3.8, 4) is 56.9 Å². The van der Waals surface area contributed by atoms with Gasteiger partial charge in [-0.15, -0.1) is 0 Å². The highest BCUT2D eigenvalue weighted by Crippen LogP contribution is 2.62. The number of benzene rings is 7. The summed E-state index contributed by atoms with van der Waals surface area (Å²) in [5, 5.41) is 9.75. The van der Waals surface area contributed by atoms with Crippen molar-refractivity contribution in [1.29, 1.82) is 5.26 Å². The molecule has 7 aromatic carbocycles. The van der Waals surface area contributed by atoms with Crippen LogP contribution < -0.4 is 10.5 Å². The molecule has 2 heterocycles. The van der Waals surface area contributed by atoms with Gasteiger partial charge in [0.05, 0.1) is 28.1 Å². The molecule has 0 fully saturated rings. The standard InChI is InChI=1S/C45H28N4O/c46-27-28-22-31(24-32(47)23-28)29-19-21-43-39(25-29)45(37-14-6-9-17-42(37)50-43)36-13-5-4-12-34(36)35-20-18-30(26-38(35)45)44-48-40-15-7-8-16-41(40)49(44)33-10-2-1-3-11-33/h1-26H,47H2. The minimum absolute atomic E-state index is 0.525. The van der Waals surface area contributed by atoms with Crippen molar-refractivity contribution in [2.45, 2.75) is 5.41 Å². The van der Waals surface area contributed by atoms with Crippen LogP contribution in [0.15, 0.2) is 158 Å². The quantitative estimate of drug-likeness (QED) is 0.195. The predicted molar refractivity (Wildman–Crippen MR) is 198 cm³/mol. The number of nitrogens with two attached hydrogens (primary N) is 1. The van der Waals surface area contributed by atoms with Crippen LogP contribution in [-0.2, 0) is 5.41 Å². The monoisotopic (exact) mass is 640 g/mol. The van der Waals surface area contributed by atoms with Crippen LogP contribution in [0.1, 0.15) is 27.8 Å². The maximum atomic E-state index is 9.75. The fraction of sp³-hybridized carbons (Fsp3) is 0.0222. The Labute approximate surface area is 289 Å². The summed E-state index contributed by atoms with van der Waals surface area (Å²) in [5.74, 6) is 2.50. The minimum Gasteiger partial charge on any atom is -0.457 e. The first-order valence-corrected chi connectivity index (χ1v) is 16.6. The van der Waals surface area contributed by atoms with Crippen LogP contribution in [0.5, 0.6) is 11.5 Å². The third kappa shape index (κ3) is 3.90. The van der Waals surface area contributed by atoms with Crippen LogP contribution in [0.4, 0.5) is 5.69 Å². The van der Waals surface area contributed by atoms with Crippen molar-refractivity contribution in [2.24, 2.45) is 0 Å². The smallest absolute Gasteiger partial charge is 0.145 e. The minimum atomic E-state index is -0.690. The number of hydrogen-bond donors (Lipinski definition) is 1. The predicted octanol–water partition coefficient (Wildman–Crippen LogP) is 10.3. The van der Waals surface area contributed by atoms with E-state index < -0.39 is 5.41 Å². The molecule has 1 aromatic heterocycles. The number of imidazole rings is 1. The Morgan fingerprint density at radius 1 is 0.580 bits per heavy atom. The lowest BCUT2D eigenvalue weighted by Crippen LogP contribution is -2.32. The van der Waals surface area contributed by atoms with Gasteiger partial charge in [0, 0.05) is 28.1 Å². The van der Waals surface area contributed by atoms with Crippen LogP contribution in [0.25, 0.3) is 50.4 Å². The van der Waals surface area contributed by atoms with Gasteiger partial charge in [-0.25, -0.2) is 4.98 Å². The first-order valence-electron chi connectivity index (χ1n) is 16.6. The summed E-state index contributed by atoms with van der Waals surface area (Å²) in [6.07, 6.45) is 0. The molecule has 50 heavy (non-hydrogen) atoms. The van der Waals surface area contributed by atoms with Gasteiger partial charge >= 0.3 is 0 Å². The molecule has 0 radical (unpaired) electrons. The summed E-state index contributed by atoms with van der Waals surface area (Å²) in [7, 11) is 0. The molecule has 5 nitrogen and oxygen atoms in total. The Morgan fingerprint density at radius 2 is 1.28 bits per heavy atom. The molecule has 2 N–H and O–H groups in total. The van der Waals surface area contributed by atoms with Crippen molar-refractivity contribution in [2.75, 3.05) is 5.73 Å². The molecule has 1 aliphatic heterocycles. The van der Waals surface area contributed by atoms with Gasteiger partial charge in [-0.05, 0) is 100 Å². The number of fused-ring (bicyclic) bond motifs is 10. The Balaban J connectivity index is 1.29. The number of anilines is 1. The number of hydrogen-bond acceptors (Lipinski definition) is 4. The van der Waals surface area contributed by atoms with Crippen LogP contribution in [0.2, 0.25) is 0 Å². The van der Waals surface area contributed by atoms with Crippen molar-refractivity contribution < 1.29 is 4.74 Å². The van der Waals surface area contributed by atoms with E-state index in [9.17, 15) is 5.26 Å². The van der Waals surface area contributed by atoms with Gasteiger partial charge < -0.3 is 10.5 Å². The lowest BCUT2D eigenvalue weighted by Gasteiger charge is -2.39. The van der Waals surface area contributed by atoms with Gasteiger partial charge in [0.25, 0.3) is 0 Å². The molecule has 1 unspecified atom stereocenters. The Morgan fingerprint density at radius 3 is 2.16 bits per heavy atom.